The van der Waals surface area contributed by atoms with Gasteiger partial charge < -0.3 is 10.6 Å². The third kappa shape index (κ3) is 0.740. The maximum absolute atomic E-state index is 3.46. The molecule has 0 amide bonds. The molecule has 0 aromatic heterocycles. The standard InChI is InChI=1S/C6H12N2/c1-2-7-5-4-6(5)8-3-1/h5-8H,1-4H2/t5-,6+. The highest BCUT2D eigenvalue weighted by molar-refractivity contribution is 5.00. The fourth-order valence-corrected chi connectivity index (χ4v) is 1.31. The van der Waals surface area contributed by atoms with Crippen molar-refractivity contribution in [2.24, 2.45) is 0 Å². The SMILES string of the molecule is C1CN[C@H]2C[C@H]2NC1. The van der Waals surface area contributed by atoms with Gasteiger partial charge in [-0.3, -0.25) is 0 Å². The summed E-state index contributed by atoms with van der Waals surface area (Å²) in [5, 5.41) is 6.91. The van der Waals surface area contributed by atoms with E-state index < -0.39 is 0 Å². The van der Waals surface area contributed by atoms with Crippen LogP contribution in [0.3, 0.4) is 0 Å². The number of rotatable bonds is 0. The summed E-state index contributed by atoms with van der Waals surface area (Å²) in [5.41, 5.74) is 0. The Morgan fingerprint density at radius 2 is 1.62 bits per heavy atom. The molecule has 0 aromatic rings. The zero-order chi connectivity index (χ0) is 5.40. The second kappa shape index (κ2) is 1.71. The van der Waals surface area contributed by atoms with Gasteiger partial charge in [-0.15, -0.1) is 0 Å². The van der Waals surface area contributed by atoms with Crippen LogP contribution >= 0.6 is 0 Å². The molecular formula is C6H12N2. The van der Waals surface area contributed by atoms with E-state index >= 15 is 0 Å². The Morgan fingerprint density at radius 3 is 2.25 bits per heavy atom. The minimum absolute atomic E-state index is 0.831. The van der Waals surface area contributed by atoms with Gasteiger partial charge in [0.05, 0.1) is 0 Å². The first-order chi connectivity index (χ1) is 3.97. The Hall–Kier alpha value is -0.0800. The van der Waals surface area contributed by atoms with Crippen LogP contribution in [0.4, 0.5) is 0 Å². The lowest BCUT2D eigenvalue weighted by Gasteiger charge is -1.94. The number of nitrogens with one attached hydrogen (secondary N) is 2. The van der Waals surface area contributed by atoms with Gasteiger partial charge in [0, 0.05) is 12.1 Å². The van der Waals surface area contributed by atoms with Gasteiger partial charge in [0.15, 0.2) is 0 Å². The van der Waals surface area contributed by atoms with Gasteiger partial charge in [0.2, 0.25) is 0 Å². The summed E-state index contributed by atoms with van der Waals surface area (Å²) < 4.78 is 0. The zero-order valence-corrected chi connectivity index (χ0v) is 4.98. The van der Waals surface area contributed by atoms with E-state index in [0.717, 1.165) is 12.1 Å². The minimum Gasteiger partial charge on any atom is -0.312 e. The molecule has 0 radical (unpaired) electrons. The first-order valence-corrected chi connectivity index (χ1v) is 3.43. The van der Waals surface area contributed by atoms with Gasteiger partial charge in [-0.1, -0.05) is 0 Å². The Bertz CT molecular complexity index is 82.5. The Kier molecular flexibility index (Phi) is 1.02. The van der Waals surface area contributed by atoms with Crippen molar-refractivity contribution in [2.45, 2.75) is 24.9 Å². The molecule has 0 bridgehead atoms. The van der Waals surface area contributed by atoms with Crippen molar-refractivity contribution in [3.8, 4) is 0 Å². The molecule has 0 spiro atoms. The summed E-state index contributed by atoms with van der Waals surface area (Å²) in [6, 6.07) is 1.66. The number of hydrogen-bond acceptors (Lipinski definition) is 2. The highest BCUT2D eigenvalue weighted by Gasteiger charge is 2.36. The highest BCUT2D eigenvalue weighted by Crippen LogP contribution is 2.21. The van der Waals surface area contributed by atoms with E-state index in [-0.39, 0.29) is 0 Å². The van der Waals surface area contributed by atoms with Crippen LogP contribution in [0.25, 0.3) is 0 Å². The summed E-state index contributed by atoms with van der Waals surface area (Å²) >= 11 is 0. The molecule has 0 unspecified atom stereocenters. The van der Waals surface area contributed by atoms with E-state index in [9.17, 15) is 0 Å². The molecule has 2 aliphatic rings. The van der Waals surface area contributed by atoms with Crippen molar-refractivity contribution in [2.75, 3.05) is 13.1 Å². The molecule has 2 heteroatoms. The number of hydrogen-bond donors (Lipinski definition) is 2. The van der Waals surface area contributed by atoms with Crippen LogP contribution < -0.4 is 10.6 Å². The van der Waals surface area contributed by atoms with E-state index in [0.29, 0.717) is 0 Å². The molecule has 0 aromatic carbocycles. The average Bonchev–Trinajstić information content (AvgIpc) is 2.36. The molecule has 1 aliphatic heterocycles. The van der Waals surface area contributed by atoms with E-state index in [1.165, 1.54) is 25.9 Å². The lowest BCUT2D eigenvalue weighted by Crippen LogP contribution is -2.21. The van der Waals surface area contributed by atoms with E-state index in [1.54, 1.807) is 0 Å². The molecule has 2 rings (SSSR count). The summed E-state index contributed by atoms with van der Waals surface area (Å²) in [6.07, 6.45) is 2.66. The molecule has 2 nitrogen and oxygen atoms in total. The predicted octanol–water partition coefficient (Wildman–Crippen LogP) is -0.290. The van der Waals surface area contributed by atoms with Crippen molar-refractivity contribution in [3.05, 3.63) is 0 Å². The molecule has 46 valence electrons. The Balaban J connectivity index is 1.89. The third-order valence-electron chi connectivity index (χ3n) is 1.96. The second-order valence-electron chi connectivity index (χ2n) is 2.71. The van der Waals surface area contributed by atoms with Crippen molar-refractivity contribution >= 4 is 0 Å². The fraction of sp³-hybridized carbons (Fsp3) is 1.00. The topological polar surface area (TPSA) is 24.1 Å². The second-order valence-corrected chi connectivity index (χ2v) is 2.71. The lowest BCUT2D eigenvalue weighted by molar-refractivity contribution is 0.667. The first-order valence-electron chi connectivity index (χ1n) is 3.43. The largest absolute Gasteiger partial charge is 0.312 e. The van der Waals surface area contributed by atoms with Gasteiger partial charge in [-0.2, -0.15) is 0 Å². The van der Waals surface area contributed by atoms with Gasteiger partial charge >= 0.3 is 0 Å². The van der Waals surface area contributed by atoms with Gasteiger partial charge in [-0.05, 0) is 25.9 Å². The normalized spacial score (nSPS) is 45.0. The Labute approximate surface area is 49.7 Å². The van der Waals surface area contributed by atoms with E-state index in [2.05, 4.69) is 10.6 Å². The minimum atomic E-state index is 0.831. The van der Waals surface area contributed by atoms with Crippen molar-refractivity contribution in [1.82, 2.24) is 10.6 Å². The van der Waals surface area contributed by atoms with Gasteiger partial charge in [0.1, 0.15) is 0 Å². The van der Waals surface area contributed by atoms with Crippen LogP contribution in [0, 0.1) is 0 Å². The van der Waals surface area contributed by atoms with Crippen LogP contribution in [-0.4, -0.2) is 25.2 Å². The molecule has 2 N–H and O–H groups in total. The van der Waals surface area contributed by atoms with Crippen molar-refractivity contribution in [1.29, 1.82) is 0 Å². The quantitative estimate of drug-likeness (QED) is 0.450. The molecular weight excluding hydrogens is 100 g/mol. The lowest BCUT2D eigenvalue weighted by atomic mass is 10.4. The number of fused-ring (bicyclic) bond motifs is 1. The average molecular weight is 112 g/mol. The van der Waals surface area contributed by atoms with E-state index in [4.69, 9.17) is 0 Å². The monoisotopic (exact) mass is 112 g/mol. The smallest absolute Gasteiger partial charge is 0.0237 e. The van der Waals surface area contributed by atoms with Gasteiger partial charge in [0.25, 0.3) is 0 Å². The summed E-state index contributed by atoms with van der Waals surface area (Å²) in [4.78, 5) is 0. The molecule has 2 fully saturated rings. The summed E-state index contributed by atoms with van der Waals surface area (Å²) in [5.74, 6) is 0. The highest BCUT2D eigenvalue weighted by atomic mass is 15.1. The fourth-order valence-electron chi connectivity index (χ4n) is 1.31. The van der Waals surface area contributed by atoms with Crippen LogP contribution in [0.1, 0.15) is 12.8 Å². The molecule has 8 heavy (non-hydrogen) atoms. The van der Waals surface area contributed by atoms with Crippen molar-refractivity contribution < 1.29 is 0 Å². The predicted molar refractivity (Wildman–Crippen MR) is 32.8 cm³/mol. The van der Waals surface area contributed by atoms with Crippen LogP contribution in [0.5, 0.6) is 0 Å². The maximum atomic E-state index is 3.46. The van der Waals surface area contributed by atoms with E-state index in [1.807, 2.05) is 0 Å². The molecule has 1 saturated carbocycles. The first kappa shape index (κ1) is 4.77. The maximum Gasteiger partial charge on any atom is 0.0237 e. The van der Waals surface area contributed by atoms with Crippen LogP contribution in [-0.2, 0) is 0 Å². The molecule has 1 heterocycles. The third-order valence-corrected chi connectivity index (χ3v) is 1.96. The summed E-state index contributed by atoms with van der Waals surface area (Å²) in [7, 11) is 0. The molecule has 1 aliphatic carbocycles. The Morgan fingerprint density at radius 1 is 1.00 bits per heavy atom. The van der Waals surface area contributed by atoms with Crippen LogP contribution in [0.15, 0.2) is 0 Å². The van der Waals surface area contributed by atoms with Gasteiger partial charge in [-0.25, -0.2) is 0 Å². The summed E-state index contributed by atoms with van der Waals surface area (Å²) in [6.45, 7) is 2.43. The zero-order valence-electron chi connectivity index (χ0n) is 4.98. The molecule has 2 atom stereocenters. The van der Waals surface area contributed by atoms with Crippen LogP contribution in [0.2, 0.25) is 0 Å². The van der Waals surface area contributed by atoms with Crippen molar-refractivity contribution in [3.63, 3.8) is 0 Å². The molecule has 1 saturated heterocycles.